The van der Waals surface area contributed by atoms with E-state index in [2.05, 4.69) is 27.9 Å². The Balaban J connectivity index is 1.69. The SMILES string of the molecule is CC(=O)N1c2ccc(-c3csc(-c4cnccn4)n3)cc2CC1C. The lowest BCUT2D eigenvalue weighted by molar-refractivity contribution is -0.116. The Morgan fingerprint density at radius 1 is 1.29 bits per heavy atom. The van der Waals surface area contributed by atoms with E-state index in [1.807, 2.05) is 22.4 Å². The summed E-state index contributed by atoms with van der Waals surface area (Å²) < 4.78 is 0. The number of anilines is 1. The van der Waals surface area contributed by atoms with Gasteiger partial charge in [-0.25, -0.2) is 4.98 Å². The van der Waals surface area contributed by atoms with Gasteiger partial charge in [0.15, 0.2) is 0 Å². The molecule has 120 valence electrons. The van der Waals surface area contributed by atoms with Crippen molar-refractivity contribution < 1.29 is 4.79 Å². The molecule has 2 aromatic heterocycles. The molecule has 6 heteroatoms. The van der Waals surface area contributed by atoms with Crippen LogP contribution in [0.4, 0.5) is 5.69 Å². The fourth-order valence-electron chi connectivity index (χ4n) is 3.20. The quantitative estimate of drug-likeness (QED) is 0.718. The number of thiazole rings is 1. The number of benzene rings is 1. The Morgan fingerprint density at radius 3 is 2.92 bits per heavy atom. The molecule has 24 heavy (non-hydrogen) atoms. The largest absolute Gasteiger partial charge is 0.309 e. The number of carbonyl (C=O) groups is 1. The van der Waals surface area contributed by atoms with Crippen LogP contribution in [0.3, 0.4) is 0 Å². The molecule has 3 heterocycles. The van der Waals surface area contributed by atoms with Crippen molar-refractivity contribution in [2.75, 3.05) is 4.90 Å². The smallest absolute Gasteiger partial charge is 0.224 e. The van der Waals surface area contributed by atoms with E-state index in [4.69, 9.17) is 0 Å². The van der Waals surface area contributed by atoms with Gasteiger partial charge in [-0.2, -0.15) is 0 Å². The van der Waals surface area contributed by atoms with Gasteiger partial charge in [-0.05, 0) is 31.0 Å². The molecule has 1 unspecified atom stereocenters. The lowest BCUT2D eigenvalue weighted by Gasteiger charge is -2.20. The molecule has 5 nitrogen and oxygen atoms in total. The van der Waals surface area contributed by atoms with Gasteiger partial charge in [-0.15, -0.1) is 11.3 Å². The monoisotopic (exact) mass is 336 g/mol. The van der Waals surface area contributed by atoms with Crippen molar-refractivity contribution in [1.29, 1.82) is 0 Å². The summed E-state index contributed by atoms with van der Waals surface area (Å²) >= 11 is 1.56. The molecule has 1 aliphatic rings. The van der Waals surface area contributed by atoms with Gasteiger partial charge in [0.25, 0.3) is 0 Å². The third-order valence-electron chi connectivity index (χ3n) is 4.22. The molecule has 0 bridgehead atoms. The molecule has 1 amide bonds. The molecule has 1 aliphatic heterocycles. The van der Waals surface area contributed by atoms with Gasteiger partial charge in [0, 0.05) is 42.0 Å². The fourth-order valence-corrected chi connectivity index (χ4v) is 3.99. The molecule has 1 aromatic carbocycles. The van der Waals surface area contributed by atoms with Gasteiger partial charge in [0.05, 0.1) is 11.9 Å². The Morgan fingerprint density at radius 2 is 2.17 bits per heavy atom. The normalized spacial score (nSPS) is 16.2. The topological polar surface area (TPSA) is 59.0 Å². The summed E-state index contributed by atoms with van der Waals surface area (Å²) in [4.78, 5) is 26.8. The summed E-state index contributed by atoms with van der Waals surface area (Å²) in [5, 5.41) is 2.89. The minimum absolute atomic E-state index is 0.0904. The van der Waals surface area contributed by atoms with Crippen molar-refractivity contribution in [3.8, 4) is 22.0 Å². The molecule has 0 radical (unpaired) electrons. The number of rotatable bonds is 2. The van der Waals surface area contributed by atoms with E-state index in [0.29, 0.717) is 0 Å². The number of hydrogen-bond acceptors (Lipinski definition) is 5. The number of aromatic nitrogens is 3. The van der Waals surface area contributed by atoms with Crippen LogP contribution in [-0.2, 0) is 11.2 Å². The standard InChI is InChI=1S/C18H16N4OS/c1-11-7-14-8-13(3-4-17(14)22(11)12(2)23)16-10-24-18(21-16)15-9-19-5-6-20-15/h3-6,8-11H,7H2,1-2H3. The van der Waals surface area contributed by atoms with E-state index in [-0.39, 0.29) is 11.9 Å². The van der Waals surface area contributed by atoms with Crippen molar-refractivity contribution in [2.24, 2.45) is 0 Å². The first-order valence-corrected chi connectivity index (χ1v) is 8.66. The van der Waals surface area contributed by atoms with Crippen LogP contribution in [0.5, 0.6) is 0 Å². The van der Waals surface area contributed by atoms with E-state index in [9.17, 15) is 4.79 Å². The average Bonchev–Trinajstić information content (AvgIpc) is 3.18. The van der Waals surface area contributed by atoms with E-state index >= 15 is 0 Å². The summed E-state index contributed by atoms with van der Waals surface area (Å²) in [6.07, 6.45) is 5.92. The van der Waals surface area contributed by atoms with Gasteiger partial charge < -0.3 is 4.90 Å². The molecule has 3 aromatic rings. The molecular weight excluding hydrogens is 320 g/mol. The molecule has 0 aliphatic carbocycles. The zero-order chi connectivity index (χ0) is 16.7. The predicted molar refractivity (Wildman–Crippen MR) is 94.9 cm³/mol. The maximum Gasteiger partial charge on any atom is 0.224 e. The summed E-state index contributed by atoms with van der Waals surface area (Å²) in [6, 6.07) is 6.40. The van der Waals surface area contributed by atoms with Crippen LogP contribution >= 0.6 is 11.3 Å². The van der Waals surface area contributed by atoms with Crippen LogP contribution in [0.25, 0.3) is 22.0 Å². The Kier molecular flexibility index (Phi) is 3.61. The zero-order valence-corrected chi connectivity index (χ0v) is 14.2. The summed E-state index contributed by atoms with van der Waals surface area (Å²) in [5.74, 6) is 0.0904. The maximum absolute atomic E-state index is 11.8. The molecule has 0 spiro atoms. The molecule has 1 atom stereocenters. The number of carbonyl (C=O) groups excluding carboxylic acids is 1. The van der Waals surface area contributed by atoms with Crippen LogP contribution in [0, 0.1) is 0 Å². The molecule has 0 fully saturated rings. The Labute approximate surface area is 144 Å². The zero-order valence-electron chi connectivity index (χ0n) is 13.4. The van der Waals surface area contributed by atoms with Gasteiger partial charge >= 0.3 is 0 Å². The van der Waals surface area contributed by atoms with E-state index in [1.165, 1.54) is 5.56 Å². The van der Waals surface area contributed by atoms with Gasteiger partial charge in [-0.3, -0.25) is 14.8 Å². The van der Waals surface area contributed by atoms with Crippen LogP contribution in [0.1, 0.15) is 19.4 Å². The molecular formula is C18H16N4OS. The minimum Gasteiger partial charge on any atom is -0.309 e. The van der Waals surface area contributed by atoms with Gasteiger partial charge in [-0.1, -0.05) is 6.07 Å². The summed E-state index contributed by atoms with van der Waals surface area (Å²) in [5.41, 5.74) is 4.99. The van der Waals surface area contributed by atoms with E-state index < -0.39 is 0 Å². The molecule has 0 N–H and O–H groups in total. The van der Waals surface area contributed by atoms with Crippen molar-refractivity contribution in [1.82, 2.24) is 15.0 Å². The lowest BCUT2D eigenvalue weighted by atomic mass is 10.1. The second-order valence-electron chi connectivity index (χ2n) is 5.91. The van der Waals surface area contributed by atoms with E-state index in [0.717, 1.165) is 34.1 Å². The molecule has 0 saturated carbocycles. The lowest BCUT2D eigenvalue weighted by Crippen LogP contribution is -2.33. The first-order chi connectivity index (χ1) is 11.6. The predicted octanol–water partition coefficient (Wildman–Crippen LogP) is 3.56. The number of fused-ring (bicyclic) bond motifs is 1. The average molecular weight is 336 g/mol. The maximum atomic E-state index is 11.8. The summed E-state index contributed by atoms with van der Waals surface area (Å²) in [6.45, 7) is 3.70. The first-order valence-electron chi connectivity index (χ1n) is 7.78. The van der Waals surface area contributed by atoms with Gasteiger partial charge in [0.2, 0.25) is 5.91 Å². The number of hydrogen-bond donors (Lipinski definition) is 0. The minimum atomic E-state index is 0.0904. The first kappa shape index (κ1) is 15.0. The van der Waals surface area contributed by atoms with E-state index in [1.54, 1.807) is 36.9 Å². The molecule has 4 rings (SSSR count). The number of nitrogens with zero attached hydrogens (tertiary/aromatic N) is 4. The highest BCUT2D eigenvalue weighted by Crippen LogP contribution is 2.36. The van der Waals surface area contributed by atoms with Crippen molar-refractivity contribution in [3.05, 3.63) is 47.7 Å². The van der Waals surface area contributed by atoms with Crippen molar-refractivity contribution in [3.63, 3.8) is 0 Å². The Hall–Kier alpha value is -2.60. The Bertz CT molecular complexity index is 906. The number of amides is 1. The van der Waals surface area contributed by atoms with Crippen LogP contribution < -0.4 is 4.90 Å². The highest BCUT2D eigenvalue weighted by atomic mass is 32.1. The van der Waals surface area contributed by atoms with Crippen LogP contribution in [0.2, 0.25) is 0 Å². The highest BCUT2D eigenvalue weighted by Gasteiger charge is 2.29. The van der Waals surface area contributed by atoms with Crippen molar-refractivity contribution in [2.45, 2.75) is 26.3 Å². The van der Waals surface area contributed by atoms with Crippen molar-refractivity contribution >= 4 is 22.9 Å². The van der Waals surface area contributed by atoms with Crippen LogP contribution in [0.15, 0.2) is 42.2 Å². The van der Waals surface area contributed by atoms with Crippen LogP contribution in [-0.4, -0.2) is 26.9 Å². The molecule has 0 saturated heterocycles. The van der Waals surface area contributed by atoms with Gasteiger partial charge in [0.1, 0.15) is 10.7 Å². The third kappa shape index (κ3) is 2.49. The second-order valence-corrected chi connectivity index (χ2v) is 6.77. The second kappa shape index (κ2) is 5.79. The summed E-state index contributed by atoms with van der Waals surface area (Å²) in [7, 11) is 0. The highest BCUT2D eigenvalue weighted by molar-refractivity contribution is 7.13. The third-order valence-corrected chi connectivity index (χ3v) is 5.08. The fraction of sp³-hybridized carbons (Fsp3) is 0.222.